The van der Waals surface area contributed by atoms with Gasteiger partial charge >= 0.3 is 0 Å². The first-order valence-corrected chi connectivity index (χ1v) is 13.7. The van der Waals surface area contributed by atoms with Crippen LogP contribution in [0.5, 0.6) is 0 Å². The van der Waals surface area contributed by atoms with E-state index in [4.69, 9.17) is 9.47 Å². The van der Waals surface area contributed by atoms with Gasteiger partial charge in [-0.1, -0.05) is 13.8 Å². The van der Waals surface area contributed by atoms with Crippen molar-refractivity contribution in [2.45, 2.75) is 127 Å². The molecule has 0 aromatic heterocycles. The minimum atomic E-state index is -1.27. The van der Waals surface area contributed by atoms with Crippen LogP contribution in [0.4, 0.5) is 0 Å². The van der Waals surface area contributed by atoms with Crippen molar-refractivity contribution in [2.24, 2.45) is 34.5 Å². The zero-order valence-electron chi connectivity index (χ0n) is 21.1. The van der Waals surface area contributed by atoms with Gasteiger partial charge < -0.3 is 35.0 Å². The second kappa shape index (κ2) is 8.93. The molecule has 7 nitrogen and oxygen atoms in total. The molecule has 0 radical (unpaired) electrons. The summed E-state index contributed by atoms with van der Waals surface area (Å²) >= 11 is 0. The van der Waals surface area contributed by atoms with Crippen LogP contribution in [0.2, 0.25) is 0 Å². The Balaban J connectivity index is 1.28. The van der Waals surface area contributed by atoms with Crippen molar-refractivity contribution in [2.75, 3.05) is 6.61 Å². The Morgan fingerprint density at radius 3 is 2.38 bits per heavy atom. The molecule has 1 saturated heterocycles. The fourth-order valence-electron chi connectivity index (χ4n) is 9.35. The van der Waals surface area contributed by atoms with Crippen molar-refractivity contribution in [1.82, 2.24) is 0 Å². The van der Waals surface area contributed by atoms with Gasteiger partial charge in [-0.05, 0) is 106 Å². The van der Waals surface area contributed by atoms with E-state index in [1.54, 1.807) is 6.92 Å². The smallest absolute Gasteiger partial charge is 0.186 e. The van der Waals surface area contributed by atoms with E-state index in [1.165, 1.54) is 0 Å². The second-order valence-corrected chi connectivity index (χ2v) is 12.8. The molecular weight excluding hydrogens is 436 g/mol. The fraction of sp³-hybridized carbons (Fsp3) is 1.00. The molecule has 4 saturated carbocycles. The molecule has 34 heavy (non-hydrogen) atoms. The average Bonchev–Trinajstić information content (AvgIpc) is 3.07. The lowest BCUT2D eigenvalue weighted by atomic mass is 9.43. The molecular formula is C27H46O7. The molecule has 5 rings (SSSR count). The molecule has 0 bridgehead atoms. The normalized spacial score (nSPS) is 57.5. The van der Waals surface area contributed by atoms with Gasteiger partial charge in [0.1, 0.15) is 18.3 Å². The average molecular weight is 483 g/mol. The maximum absolute atomic E-state index is 12.1. The van der Waals surface area contributed by atoms with Crippen LogP contribution in [-0.4, -0.2) is 74.6 Å². The maximum atomic E-state index is 12.1. The monoisotopic (exact) mass is 482 g/mol. The van der Waals surface area contributed by atoms with E-state index in [0.29, 0.717) is 23.7 Å². The van der Waals surface area contributed by atoms with E-state index in [0.717, 1.165) is 64.2 Å². The van der Waals surface area contributed by atoms with Crippen molar-refractivity contribution < 1.29 is 35.0 Å². The maximum Gasteiger partial charge on any atom is 0.186 e. The molecule has 0 aromatic rings. The number of aliphatic hydroxyl groups excluding tert-OH is 4. The third kappa shape index (κ3) is 3.64. The number of hydrogen-bond acceptors (Lipinski definition) is 7. The third-order valence-electron chi connectivity index (χ3n) is 11.6. The van der Waals surface area contributed by atoms with Crippen molar-refractivity contribution in [3.8, 4) is 0 Å². The minimum Gasteiger partial charge on any atom is -0.396 e. The van der Waals surface area contributed by atoms with Gasteiger partial charge in [0, 0.05) is 6.61 Å². The quantitative estimate of drug-likeness (QED) is 0.390. The van der Waals surface area contributed by atoms with Gasteiger partial charge in [-0.25, -0.2) is 0 Å². The van der Waals surface area contributed by atoms with Gasteiger partial charge in [-0.3, -0.25) is 0 Å². The van der Waals surface area contributed by atoms with E-state index in [9.17, 15) is 25.5 Å². The summed E-state index contributed by atoms with van der Waals surface area (Å²) in [6.45, 7) is 6.62. The molecule has 5 aliphatic rings. The van der Waals surface area contributed by atoms with Gasteiger partial charge in [-0.2, -0.15) is 0 Å². The zero-order valence-corrected chi connectivity index (χ0v) is 21.1. The van der Waals surface area contributed by atoms with Crippen LogP contribution in [0.15, 0.2) is 0 Å². The van der Waals surface area contributed by atoms with Gasteiger partial charge in [0.2, 0.25) is 0 Å². The van der Waals surface area contributed by atoms with Crippen LogP contribution in [0.3, 0.4) is 0 Å². The highest BCUT2D eigenvalue weighted by Crippen LogP contribution is 2.69. The highest BCUT2D eigenvalue weighted by Gasteiger charge is 2.67. The Hall–Kier alpha value is -0.280. The number of ether oxygens (including phenoxy) is 2. The topological polar surface area (TPSA) is 120 Å². The summed E-state index contributed by atoms with van der Waals surface area (Å²) in [6.07, 6.45) is 4.61. The minimum absolute atomic E-state index is 0.0405. The van der Waals surface area contributed by atoms with Gasteiger partial charge in [0.15, 0.2) is 6.29 Å². The van der Waals surface area contributed by atoms with E-state index in [-0.39, 0.29) is 23.5 Å². The first-order chi connectivity index (χ1) is 16.0. The first kappa shape index (κ1) is 25.4. The first-order valence-electron chi connectivity index (χ1n) is 13.7. The van der Waals surface area contributed by atoms with E-state index < -0.39 is 36.3 Å². The summed E-state index contributed by atoms with van der Waals surface area (Å²) in [7, 11) is 0. The van der Waals surface area contributed by atoms with E-state index in [2.05, 4.69) is 13.8 Å². The molecule has 0 unspecified atom stereocenters. The highest BCUT2D eigenvalue weighted by molar-refractivity contribution is 5.16. The van der Waals surface area contributed by atoms with Crippen molar-refractivity contribution in [3.63, 3.8) is 0 Å². The summed E-state index contributed by atoms with van der Waals surface area (Å²) in [6, 6.07) is 0. The zero-order chi connectivity index (χ0) is 24.5. The van der Waals surface area contributed by atoms with E-state index >= 15 is 0 Å². The predicted molar refractivity (Wildman–Crippen MR) is 126 cm³/mol. The molecule has 1 heterocycles. The van der Waals surface area contributed by atoms with Gasteiger partial charge in [0.05, 0.1) is 17.8 Å². The largest absolute Gasteiger partial charge is 0.396 e. The molecule has 5 fully saturated rings. The van der Waals surface area contributed by atoms with Crippen LogP contribution in [0.25, 0.3) is 0 Å². The molecule has 196 valence electrons. The molecule has 4 aliphatic carbocycles. The van der Waals surface area contributed by atoms with Crippen LogP contribution < -0.4 is 0 Å². The van der Waals surface area contributed by atoms with Crippen molar-refractivity contribution in [3.05, 3.63) is 0 Å². The van der Waals surface area contributed by atoms with Crippen LogP contribution >= 0.6 is 0 Å². The van der Waals surface area contributed by atoms with Gasteiger partial charge in [-0.15, -0.1) is 0 Å². The lowest BCUT2D eigenvalue weighted by Crippen LogP contribution is -2.62. The Labute approximate surface area is 203 Å². The summed E-state index contributed by atoms with van der Waals surface area (Å²) < 4.78 is 11.9. The van der Waals surface area contributed by atoms with Crippen LogP contribution in [0, 0.1) is 34.5 Å². The Morgan fingerprint density at radius 2 is 1.65 bits per heavy atom. The predicted octanol–water partition coefficient (Wildman–Crippen LogP) is 2.36. The number of rotatable bonds is 4. The molecule has 7 heteroatoms. The molecule has 1 aliphatic heterocycles. The fourth-order valence-corrected chi connectivity index (χ4v) is 9.35. The summed E-state index contributed by atoms with van der Waals surface area (Å²) in [4.78, 5) is 0. The van der Waals surface area contributed by atoms with Gasteiger partial charge in [0.25, 0.3) is 0 Å². The van der Waals surface area contributed by atoms with E-state index in [1.807, 2.05) is 0 Å². The lowest BCUT2D eigenvalue weighted by Gasteiger charge is -2.64. The third-order valence-corrected chi connectivity index (χ3v) is 11.6. The summed E-state index contributed by atoms with van der Waals surface area (Å²) in [5, 5.41) is 52.2. The molecule has 5 N–H and O–H groups in total. The van der Waals surface area contributed by atoms with Crippen molar-refractivity contribution in [1.29, 1.82) is 0 Å². The number of hydrogen-bond donors (Lipinski definition) is 5. The lowest BCUT2D eigenvalue weighted by molar-refractivity contribution is -0.310. The van der Waals surface area contributed by atoms with Crippen LogP contribution in [0.1, 0.15) is 85.0 Å². The summed E-state index contributed by atoms with van der Waals surface area (Å²) in [5.74, 6) is 1.75. The Kier molecular flexibility index (Phi) is 6.66. The number of fused-ring (bicyclic) bond motifs is 5. The molecule has 0 amide bonds. The number of aliphatic hydroxyl groups is 5. The molecule has 0 aromatic carbocycles. The van der Waals surface area contributed by atoms with Crippen LogP contribution in [-0.2, 0) is 9.47 Å². The Bertz CT molecular complexity index is 748. The highest BCUT2D eigenvalue weighted by atomic mass is 16.7. The molecule has 0 spiro atoms. The summed E-state index contributed by atoms with van der Waals surface area (Å²) in [5.41, 5.74) is -0.537. The SMILES string of the molecule is C[C@@H]1O[C@@H](O[C@H]2CC[C@@]3(C)[C@H](CC[C@@H]4[C@@H]3CC[C@]3(C)[C@@H](CCO)CC[C@]43O)C2)[C@H](O)[C@H](O)[C@H]1O. The second-order valence-electron chi connectivity index (χ2n) is 12.8. The molecule has 13 atom stereocenters. The van der Waals surface area contributed by atoms with Crippen molar-refractivity contribution >= 4 is 0 Å². The standard InChI is InChI=1S/C27H46O7/c1-15-21(29)22(30)23(31)24(33-15)34-18-7-10-25(2)17(14-18)4-5-20-19(25)8-11-26(3)16(9-13-28)6-12-27(20,26)32/h15-24,28-32H,4-14H2,1-3H3/t15-,16+,17+,18-,19-,20+,21-,22+,23+,24-,25-,26+,27-/m0/s1. The Morgan fingerprint density at radius 1 is 0.882 bits per heavy atom.